The van der Waals surface area contributed by atoms with E-state index >= 15 is 0 Å². The first kappa shape index (κ1) is 21.2. The first-order valence-electron chi connectivity index (χ1n) is 8.61. The van der Waals surface area contributed by atoms with E-state index in [2.05, 4.69) is 17.0 Å². The van der Waals surface area contributed by atoms with Crippen molar-refractivity contribution in [3.8, 4) is 0 Å². The number of anilines is 1. The van der Waals surface area contributed by atoms with Gasteiger partial charge in [0.1, 0.15) is 0 Å². The molecule has 8 heteroatoms. The molecule has 2 aromatic rings. The van der Waals surface area contributed by atoms with Crippen LogP contribution in [0.5, 0.6) is 0 Å². The van der Waals surface area contributed by atoms with E-state index in [9.17, 15) is 13.2 Å². The fourth-order valence-corrected chi connectivity index (χ4v) is 4.11. The number of nitrogens with one attached hydrogen (secondary N) is 2. The van der Waals surface area contributed by atoms with Crippen LogP contribution in [0.2, 0.25) is 0 Å². The second-order valence-corrected chi connectivity index (χ2v) is 8.16. The quantitative estimate of drug-likeness (QED) is 0.813. The van der Waals surface area contributed by atoms with Crippen LogP contribution in [0.1, 0.15) is 24.2 Å². The molecular formula is C19H24ClN3O3S. The monoisotopic (exact) mass is 409 g/mol. The lowest BCUT2D eigenvalue weighted by atomic mass is 10.1. The van der Waals surface area contributed by atoms with Gasteiger partial charge in [-0.15, -0.1) is 12.4 Å². The van der Waals surface area contributed by atoms with Gasteiger partial charge in [-0.3, -0.25) is 9.52 Å². The summed E-state index contributed by atoms with van der Waals surface area (Å²) in [5.74, 6) is -0.0911. The van der Waals surface area contributed by atoms with E-state index < -0.39 is 10.0 Å². The van der Waals surface area contributed by atoms with Crippen LogP contribution in [0, 0.1) is 0 Å². The highest BCUT2D eigenvalue weighted by atomic mass is 35.5. The smallest absolute Gasteiger partial charge is 0.261 e. The van der Waals surface area contributed by atoms with Crippen LogP contribution in [0.4, 0.5) is 5.69 Å². The number of carbonyl (C=O) groups is 1. The van der Waals surface area contributed by atoms with Crippen LogP contribution < -0.4 is 10.0 Å². The number of carbonyl (C=O) groups excluding carboxylic acids is 1. The largest absolute Gasteiger partial charge is 0.333 e. The molecule has 2 unspecified atom stereocenters. The summed E-state index contributed by atoms with van der Waals surface area (Å²) in [5, 5.41) is 3.34. The van der Waals surface area contributed by atoms with Gasteiger partial charge in [-0.2, -0.15) is 0 Å². The highest BCUT2D eigenvalue weighted by molar-refractivity contribution is 7.92. The van der Waals surface area contributed by atoms with Crippen molar-refractivity contribution in [2.45, 2.75) is 30.8 Å². The molecule has 0 saturated carbocycles. The number of rotatable bonds is 4. The molecule has 0 bridgehead atoms. The second-order valence-electron chi connectivity index (χ2n) is 6.48. The maximum Gasteiger partial charge on any atom is 0.261 e. The van der Waals surface area contributed by atoms with Gasteiger partial charge in [0.2, 0.25) is 0 Å². The van der Waals surface area contributed by atoms with Gasteiger partial charge in [-0.1, -0.05) is 24.3 Å². The van der Waals surface area contributed by atoms with Crippen LogP contribution in [0.25, 0.3) is 0 Å². The van der Waals surface area contributed by atoms with Crippen molar-refractivity contribution in [2.75, 3.05) is 17.8 Å². The summed E-state index contributed by atoms with van der Waals surface area (Å²) in [4.78, 5) is 14.9. The number of hydrogen-bond acceptors (Lipinski definition) is 4. The minimum atomic E-state index is -3.69. The van der Waals surface area contributed by atoms with Crippen molar-refractivity contribution >= 4 is 34.0 Å². The van der Waals surface area contributed by atoms with Crippen LogP contribution in [0.15, 0.2) is 59.5 Å². The number of halogens is 1. The molecule has 1 amide bonds. The molecule has 6 nitrogen and oxygen atoms in total. The van der Waals surface area contributed by atoms with Gasteiger partial charge >= 0.3 is 0 Å². The lowest BCUT2D eigenvalue weighted by Gasteiger charge is -2.38. The Kier molecular flexibility index (Phi) is 6.86. The van der Waals surface area contributed by atoms with Crippen molar-refractivity contribution < 1.29 is 13.2 Å². The summed E-state index contributed by atoms with van der Waals surface area (Å²) in [7, 11) is -3.69. The zero-order valence-electron chi connectivity index (χ0n) is 15.3. The van der Waals surface area contributed by atoms with E-state index in [1.807, 2.05) is 11.8 Å². The molecule has 1 heterocycles. The maximum atomic E-state index is 12.9. The third kappa shape index (κ3) is 4.80. The summed E-state index contributed by atoms with van der Waals surface area (Å²) in [6.45, 7) is 5.44. The molecule has 1 aliphatic rings. The Morgan fingerprint density at radius 1 is 1.11 bits per heavy atom. The Morgan fingerprint density at radius 3 is 2.52 bits per heavy atom. The van der Waals surface area contributed by atoms with E-state index in [0.717, 1.165) is 6.54 Å². The van der Waals surface area contributed by atoms with Crippen molar-refractivity contribution in [1.82, 2.24) is 10.2 Å². The highest BCUT2D eigenvalue weighted by Gasteiger charge is 2.28. The van der Waals surface area contributed by atoms with E-state index in [-0.39, 0.29) is 35.3 Å². The fourth-order valence-electron chi connectivity index (χ4n) is 3.04. The number of piperazine rings is 1. The molecule has 2 aromatic carbocycles. The average molecular weight is 410 g/mol. The van der Waals surface area contributed by atoms with E-state index in [4.69, 9.17) is 0 Å². The predicted octanol–water partition coefficient (Wildman–Crippen LogP) is 2.73. The van der Waals surface area contributed by atoms with E-state index in [1.165, 1.54) is 12.1 Å². The van der Waals surface area contributed by atoms with Gasteiger partial charge in [0, 0.05) is 36.4 Å². The first-order valence-corrected chi connectivity index (χ1v) is 10.1. The summed E-state index contributed by atoms with van der Waals surface area (Å²) < 4.78 is 27.5. The molecule has 2 N–H and O–H groups in total. The Hall–Kier alpha value is -2.09. The van der Waals surface area contributed by atoms with Crippen molar-refractivity contribution in [3.63, 3.8) is 0 Å². The van der Waals surface area contributed by atoms with Gasteiger partial charge in [0.25, 0.3) is 15.9 Å². The van der Waals surface area contributed by atoms with Gasteiger partial charge < -0.3 is 10.2 Å². The number of nitrogens with zero attached hydrogens (tertiary/aromatic N) is 1. The van der Waals surface area contributed by atoms with Crippen LogP contribution in [0.3, 0.4) is 0 Å². The SMILES string of the molecule is CC1NCCN(C(=O)c2cccc(NS(=O)(=O)c3ccccc3)c2)C1C.Cl. The standard InChI is InChI=1S/C19H23N3O3S.ClH/c1-14-15(2)22(12-11-20-14)19(23)16-7-6-8-17(13-16)21-26(24,25)18-9-4-3-5-10-18;/h3-10,13-15,20-21H,11-12H2,1-2H3;1H. The molecule has 1 saturated heterocycles. The van der Waals surface area contributed by atoms with Gasteiger partial charge in [-0.05, 0) is 44.2 Å². The third-order valence-electron chi connectivity index (χ3n) is 4.71. The first-order chi connectivity index (χ1) is 12.4. The molecule has 1 aliphatic heterocycles. The number of benzene rings is 2. The molecule has 146 valence electrons. The van der Waals surface area contributed by atoms with Crippen LogP contribution >= 0.6 is 12.4 Å². The number of amides is 1. The van der Waals surface area contributed by atoms with E-state index in [0.29, 0.717) is 17.8 Å². The normalized spacial score (nSPS) is 19.9. The Labute approximate surface area is 166 Å². The Bertz CT molecular complexity index is 890. The topological polar surface area (TPSA) is 78.5 Å². The molecule has 0 aromatic heterocycles. The zero-order valence-corrected chi connectivity index (χ0v) is 16.9. The average Bonchev–Trinajstić information content (AvgIpc) is 2.64. The van der Waals surface area contributed by atoms with Gasteiger partial charge in [0.05, 0.1) is 4.90 Å². The third-order valence-corrected chi connectivity index (χ3v) is 6.11. The number of hydrogen-bond donors (Lipinski definition) is 2. The van der Waals surface area contributed by atoms with Crippen molar-refractivity contribution in [3.05, 3.63) is 60.2 Å². The van der Waals surface area contributed by atoms with Gasteiger partial charge in [0.15, 0.2) is 0 Å². The lowest BCUT2D eigenvalue weighted by molar-refractivity contribution is 0.0603. The fraction of sp³-hybridized carbons (Fsp3) is 0.316. The Morgan fingerprint density at radius 2 is 1.81 bits per heavy atom. The molecular weight excluding hydrogens is 386 g/mol. The summed E-state index contributed by atoms with van der Waals surface area (Å²) >= 11 is 0. The van der Waals surface area contributed by atoms with Crippen LogP contribution in [-0.4, -0.2) is 44.4 Å². The maximum absolute atomic E-state index is 12.9. The lowest BCUT2D eigenvalue weighted by Crippen LogP contribution is -2.57. The molecule has 3 rings (SSSR count). The molecule has 27 heavy (non-hydrogen) atoms. The number of sulfonamides is 1. The second kappa shape index (κ2) is 8.73. The minimum absolute atomic E-state index is 0. The molecule has 2 atom stereocenters. The Balaban J connectivity index is 0.00000261. The predicted molar refractivity (Wildman–Crippen MR) is 109 cm³/mol. The molecule has 0 radical (unpaired) electrons. The van der Waals surface area contributed by atoms with Crippen molar-refractivity contribution in [2.24, 2.45) is 0 Å². The van der Waals surface area contributed by atoms with E-state index in [1.54, 1.807) is 42.5 Å². The highest BCUT2D eigenvalue weighted by Crippen LogP contribution is 2.20. The minimum Gasteiger partial charge on any atom is -0.333 e. The summed E-state index contributed by atoms with van der Waals surface area (Å²) in [6.07, 6.45) is 0. The summed E-state index contributed by atoms with van der Waals surface area (Å²) in [5.41, 5.74) is 0.842. The molecule has 1 fully saturated rings. The van der Waals surface area contributed by atoms with Crippen LogP contribution in [-0.2, 0) is 10.0 Å². The molecule has 0 spiro atoms. The zero-order chi connectivity index (χ0) is 18.7. The summed E-state index contributed by atoms with van der Waals surface area (Å²) in [6, 6.07) is 15.1. The molecule has 0 aliphatic carbocycles. The van der Waals surface area contributed by atoms with Gasteiger partial charge in [-0.25, -0.2) is 8.42 Å². The van der Waals surface area contributed by atoms with Crippen molar-refractivity contribution in [1.29, 1.82) is 0 Å².